The Kier molecular flexibility index (Phi) is 14.0. The molecule has 42 heavy (non-hydrogen) atoms. The van der Waals surface area contributed by atoms with E-state index in [-0.39, 0.29) is 18.3 Å². The van der Waals surface area contributed by atoms with Gasteiger partial charge in [-0.15, -0.1) is 0 Å². The standard InChI is InChI=1S/C16H16N2O3.C8H12N2O3S.C2HF3O2/c17-10-12-5-4-6-13(9-12)16(21)18(11-15(19)20)14-7-2-1-3-8-14;1-5-6(3-7(11)13-2)4-10(14-5)8(9)12;3-2(4,5)1(6)7/h1-9H,10-11,17H2,(H,19,20);3-4H2,1-2H3,(H2,9,12);(H,6,7). The molecule has 1 aliphatic heterocycles. The number of anilines is 1. The molecule has 3 amide bonds. The van der Waals surface area contributed by atoms with Crippen LogP contribution in [0.15, 0.2) is 65.1 Å². The zero-order chi connectivity index (χ0) is 32.0. The Balaban J connectivity index is 0.000000361. The first-order valence-corrected chi connectivity index (χ1v) is 12.6. The molecule has 0 saturated heterocycles. The van der Waals surface area contributed by atoms with Gasteiger partial charge < -0.3 is 26.4 Å². The smallest absolute Gasteiger partial charge is 0.480 e. The lowest BCUT2D eigenvalue weighted by molar-refractivity contribution is -0.192. The number of nitrogens with zero attached hydrogens (tertiary/aromatic N) is 2. The summed E-state index contributed by atoms with van der Waals surface area (Å²) in [6.07, 6.45) is -4.86. The number of carboxylic acids is 2. The number of ether oxygens (including phenoxy) is 1. The first kappa shape index (κ1) is 35.5. The summed E-state index contributed by atoms with van der Waals surface area (Å²) in [5.74, 6) is -4.49. The monoisotopic (exact) mass is 614 g/mol. The summed E-state index contributed by atoms with van der Waals surface area (Å²) in [6, 6.07) is 15.1. The van der Waals surface area contributed by atoms with Crippen LogP contribution in [-0.4, -0.2) is 70.7 Å². The van der Waals surface area contributed by atoms with Gasteiger partial charge >= 0.3 is 30.1 Å². The molecular weight excluding hydrogens is 585 g/mol. The number of para-hydroxylation sites is 1. The highest BCUT2D eigenvalue weighted by Gasteiger charge is 2.38. The van der Waals surface area contributed by atoms with E-state index in [0.717, 1.165) is 16.0 Å². The fourth-order valence-electron chi connectivity index (χ4n) is 3.11. The van der Waals surface area contributed by atoms with Crippen molar-refractivity contribution in [3.8, 4) is 0 Å². The fraction of sp³-hybridized carbons (Fsp3) is 0.269. The predicted octanol–water partition coefficient (Wildman–Crippen LogP) is 3.38. The minimum atomic E-state index is -5.08. The number of rotatable bonds is 7. The minimum absolute atomic E-state index is 0.221. The van der Waals surface area contributed by atoms with Gasteiger partial charge in [0.05, 0.1) is 20.1 Å². The molecule has 0 aromatic heterocycles. The maximum Gasteiger partial charge on any atom is 0.490 e. The number of urea groups is 1. The molecule has 12 nitrogen and oxygen atoms in total. The number of esters is 1. The van der Waals surface area contributed by atoms with Gasteiger partial charge in [0.2, 0.25) is 0 Å². The van der Waals surface area contributed by atoms with Crippen molar-refractivity contribution in [2.24, 2.45) is 11.5 Å². The summed E-state index contributed by atoms with van der Waals surface area (Å²) >= 11 is 1.26. The third kappa shape index (κ3) is 11.9. The number of methoxy groups -OCH3 is 1. The van der Waals surface area contributed by atoms with Gasteiger partial charge in [0.15, 0.2) is 0 Å². The van der Waals surface area contributed by atoms with E-state index in [0.29, 0.717) is 24.3 Å². The largest absolute Gasteiger partial charge is 0.490 e. The lowest BCUT2D eigenvalue weighted by Crippen LogP contribution is -2.35. The van der Waals surface area contributed by atoms with Crippen molar-refractivity contribution in [2.45, 2.75) is 26.1 Å². The van der Waals surface area contributed by atoms with E-state index < -0.39 is 30.7 Å². The van der Waals surface area contributed by atoms with Crippen LogP contribution in [0, 0.1) is 0 Å². The zero-order valence-electron chi connectivity index (χ0n) is 22.5. The number of carboxylic acid groups (broad SMARTS) is 2. The maximum atomic E-state index is 12.6. The number of carbonyl (C=O) groups excluding carboxylic acids is 3. The second-order valence-electron chi connectivity index (χ2n) is 8.21. The van der Waals surface area contributed by atoms with Crippen LogP contribution in [0.1, 0.15) is 29.3 Å². The van der Waals surface area contributed by atoms with Crippen molar-refractivity contribution in [2.75, 3.05) is 25.1 Å². The predicted molar refractivity (Wildman–Crippen MR) is 147 cm³/mol. The van der Waals surface area contributed by atoms with Gasteiger partial charge in [-0.1, -0.05) is 30.3 Å². The highest BCUT2D eigenvalue weighted by molar-refractivity contribution is 8.01. The van der Waals surface area contributed by atoms with Crippen LogP contribution in [0.25, 0.3) is 0 Å². The first-order valence-electron chi connectivity index (χ1n) is 11.8. The molecule has 3 rings (SSSR count). The Labute approximate surface area is 242 Å². The summed E-state index contributed by atoms with van der Waals surface area (Å²) in [5.41, 5.74) is 13.4. The molecule has 6 N–H and O–H groups in total. The third-order valence-corrected chi connectivity index (χ3v) is 6.26. The van der Waals surface area contributed by atoms with Crippen molar-refractivity contribution in [1.29, 1.82) is 0 Å². The fourth-order valence-corrected chi connectivity index (χ4v) is 4.01. The lowest BCUT2D eigenvalue weighted by Gasteiger charge is -2.21. The minimum Gasteiger partial charge on any atom is -0.480 e. The van der Waals surface area contributed by atoms with Gasteiger partial charge in [-0.2, -0.15) is 13.2 Å². The van der Waals surface area contributed by atoms with E-state index in [2.05, 4.69) is 4.74 Å². The first-order chi connectivity index (χ1) is 19.6. The maximum absolute atomic E-state index is 12.6. The number of hydrogen-bond acceptors (Lipinski definition) is 8. The van der Waals surface area contributed by atoms with Crippen LogP contribution in [0.5, 0.6) is 0 Å². The molecule has 0 saturated carbocycles. The number of amides is 3. The number of hydrogen-bond donors (Lipinski definition) is 4. The Bertz CT molecular complexity index is 1310. The van der Waals surface area contributed by atoms with Gasteiger partial charge in [0, 0.05) is 22.7 Å². The van der Waals surface area contributed by atoms with Crippen LogP contribution >= 0.6 is 11.9 Å². The average Bonchev–Trinajstić information content (AvgIpc) is 3.32. The SMILES string of the molecule is COC(=O)CC1=C(C)SN(C(N)=O)C1.NCc1cccc(C(=O)N(CC(=O)O)c2ccccc2)c1.O=C(O)C(F)(F)F. The second-order valence-corrected chi connectivity index (χ2v) is 9.44. The van der Waals surface area contributed by atoms with Gasteiger partial charge in [-0.05, 0) is 54.3 Å². The van der Waals surface area contributed by atoms with E-state index in [4.69, 9.17) is 26.5 Å². The Morgan fingerprint density at radius 3 is 2.10 bits per heavy atom. The highest BCUT2D eigenvalue weighted by atomic mass is 32.2. The van der Waals surface area contributed by atoms with Crippen LogP contribution in [-0.2, 0) is 25.7 Å². The van der Waals surface area contributed by atoms with Crippen molar-refractivity contribution >= 4 is 47.5 Å². The van der Waals surface area contributed by atoms with Crippen molar-refractivity contribution in [1.82, 2.24) is 4.31 Å². The molecule has 2 aromatic carbocycles. The van der Waals surface area contributed by atoms with E-state index in [1.54, 1.807) is 42.5 Å². The summed E-state index contributed by atoms with van der Waals surface area (Å²) < 4.78 is 37.7. The van der Waals surface area contributed by atoms with E-state index in [1.807, 2.05) is 19.1 Å². The van der Waals surface area contributed by atoms with E-state index in [1.165, 1.54) is 28.3 Å². The normalized spacial score (nSPS) is 12.3. The van der Waals surface area contributed by atoms with E-state index in [9.17, 15) is 32.3 Å². The molecule has 0 unspecified atom stereocenters. The molecule has 0 aliphatic carbocycles. The summed E-state index contributed by atoms with van der Waals surface area (Å²) in [5, 5.41) is 16.2. The van der Waals surface area contributed by atoms with Crippen LogP contribution in [0.3, 0.4) is 0 Å². The summed E-state index contributed by atoms with van der Waals surface area (Å²) in [4.78, 5) is 56.5. The van der Waals surface area contributed by atoms with Gasteiger partial charge in [-0.3, -0.25) is 23.6 Å². The number of allylic oxidation sites excluding steroid dienone is 1. The molecular formula is C26H29F3N4O8S. The number of alkyl halides is 3. The Morgan fingerprint density at radius 1 is 1.05 bits per heavy atom. The van der Waals surface area contributed by atoms with Gasteiger partial charge in [0.25, 0.3) is 5.91 Å². The summed E-state index contributed by atoms with van der Waals surface area (Å²) in [6.45, 7) is 2.19. The molecule has 1 aliphatic rings. The number of halogens is 3. The number of carbonyl (C=O) groups is 5. The molecule has 2 aromatic rings. The Hall–Kier alpha value is -4.57. The van der Waals surface area contributed by atoms with Crippen LogP contribution in [0.2, 0.25) is 0 Å². The van der Waals surface area contributed by atoms with Crippen LogP contribution < -0.4 is 16.4 Å². The quantitative estimate of drug-likeness (QED) is 0.265. The molecule has 0 bridgehead atoms. The third-order valence-electron chi connectivity index (χ3n) is 5.17. The molecule has 0 atom stereocenters. The van der Waals surface area contributed by atoms with Crippen molar-refractivity contribution in [3.05, 3.63) is 76.2 Å². The number of aliphatic carboxylic acids is 2. The lowest BCUT2D eigenvalue weighted by atomic mass is 10.1. The molecule has 16 heteroatoms. The highest BCUT2D eigenvalue weighted by Crippen LogP contribution is 2.33. The summed E-state index contributed by atoms with van der Waals surface area (Å²) in [7, 11) is 1.34. The molecule has 228 valence electrons. The Morgan fingerprint density at radius 2 is 1.64 bits per heavy atom. The molecule has 0 fully saturated rings. The number of nitrogens with two attached hydrogens (primary N) is 2. The number of primary amides is 1. The topological polar surface area (TPSA) is 194 Å². The number of benzene rings is 2. The van der Waals surface area contributed by atoms with Crippen LogP contribution in [0.4, 0.5) is 23.7 Å². The van der Waals surface area contributed by atoms with Gasteiger partial charge in [-0.25, -0.2) is 9.59 Å². The second kappa shape index (κ2) is 16.6. The zero-order valence-corrected chi connectivity index (χ0v) is 23.3. The van der Waals surface area contributed by atoms with Crippen molar-refractivity contribution in [3.63, 3.8) is 0 Å². The van der Waals surface area contributed by atoms with Crippen molar-refractivity contribution < 1.29 is 52.1 Å². The molecule has 0 spiro atoms. The average molecular weight is 615 g/mol. The van der Waals surface area contributed by atoms with E-state index >= 15 is 0 Å². The van der Waals surface area contributed by atoms with Gasteiger partial charge in [0.1, 0.15) is 6.54 Å². The molecule has 0 radical (unpaired) electrons. The molecule has 1 heterocycles.